The van der Waals surface area contributed by atoms with Crippen LogP contribution in [0.1, 0.15) is 60.3 Å². The maximum absolute atomic E-state index is 10.8. The summed E-state index contributed by atoms with van der Waals surface area (Å²) in [5.41, 5.74) is 0.862. The fourth-order valence-corrected chi connectivity index (χ4v) is 4.08. The summed E-state index contributed by atoms with van der Waals surface area (Å²) >= 11 is 0. The Morgan fingerprint density at radius 2 is 2.05 bits per heavy atom. The normalized spacial score (nSPS) is 43.0. The molecule has 0 amide bonds. The highest BCUT2D eigenvalue weighted by Gasteiger charge is 2.52. The van der Waals surface area contributed by atoms with Gasteiger partial charge < -0.3 is 9.84 Å². The quantitative estimate of drug-likeness (QED) is 0.784. The molecule has 2 aliphatic rings. The van der Waals surface area contributed by atoms with Crippen molar-refractivity contribution in [1.29, 1.82) is 0 Å². The second-order valence-electron chi connectivity index (χ2n) is 7.17. The Morgan fingerprint density at radius 3 is 2.63 bits per heavy atom. The lowest BCUT2D eigenvalue weighted by atomic mass is 9.77. The monoisotopic (exact) mass is 266 g/mol. The topological polar surface area (TPSA) is 29.5 Å². The van der Waals surface area contributed by atoms with Crippen LogP contribution in [0.15, 0.2) is 11.6 Å². The van der Waals surface area contributed by atoms with Gasteiger partial charge in [-0.3, -0.25) is 0 Å². The molecule has 0 aromatic carbocycles. The summed E-state index contributed by atoms with van der Waals surface area (Å²) in [5.74, 6) is 1.28. The summed E-state index contributed by atoms with van der Waals surface area (Å²) in [5, 5.41) is 10.8. The molecule has 2 heteroatoms. The number of hydrogen-bond acceptors (Lipinski definition) is 2. The minimum atomic E-state index is -0.549. The number of aliphatic hydroxyl groups is 1. The first-order valence-corrected chi connectivity index (χ1v) is 7.87. The third kappa shape index (κ3) is 2.75. The van der Waals surface area contributed by atoms with Gasteiger partial charge in [0.15, 0.2) is 0 Å². The van der Waals surface area contributed by atoms with E-state index in [0.29, 0.717) is 17.8 Å². The first-order chi connectivity index (χ1) is 8.80. The lowest BCUT2D eigenvalue weighted by molar-refractivity contribution is -0.0729. The van der Waals surface area contributed by atoms with Crippen molar-refractivity contribution in [3.63, 3.8) is 0 Å². The summed E-state index contributed by atoms with van der Waals surface area (Å²) in [6.45, 7) is 11.6. The molecule has 0 bridgehead atoms. The van der Waals surface area contributed by atoms with Crippen LogP contribution in [0.4, 0.5) is 0 Å². The predicted molar refractivity (Wildman–Crippen MR) is 79.0 cm³/mol. The Hall–Kier alpha value is -0.340. The van der Waals surface area contributed by atoms with Gasteiger partial charge in [0.1, 0.15) is 0 Å². The van der Waals surface area contributed by atoms with Gasteiger partial charge in [-0.1, -0.05) is 25.5 Å². The smallest absolute Gasteiger partial charge is 0.0720 e. The van der Waals surface area contributed by atoms with E-state index < -0.39 is 5.60 Å². The Bertz CT molecular complexity index is 356. The summed E-state index contributed by atoms with van der Waals surface area (Å²) in [4.78, 5) is 0. The third-order valence-corrected chi connectivity index (χ3v) is 5.42. The van der Waals surface area contributed by atoms with Crippen LogP contribution in [0, 0.1) is 17.8 Å². The molecule has 2 rings (SSSR count). The molecule has 2 nitrogen and oxygen atoms in total. The van der Waals surface area contributed by atoms with Gasteiger partial charge in [0.2, 0.25) is 0 Å². The number of fused-ring (bicyclic) bond motifs is 1. The van der Waals surface area contributed by atoms with Crippen molar-refractivity contribution in [2.45, 2.75) is 71.5 Å². The zero-order valence-electron chi connectivity index (χ0n) is 13.2. The van der Waals surface area contributed by atoms with Crippen molar-refractivity contribution in [3.8, 4) is 0 Å². The lowest BCUT2D eigenvalue weighted by Gasteiger charge is -2.36. The van der Waals surface area contributed by atoms with Gasteiger partial charge in [-0.15, -0.1) is 0 Å². The van der Waals surface area contributed by atoms with Crippen molar-refractivity contribution in [2.75, 3.05) is 6.61 Å². The molecule has 0 radical (unpaired) electrons. The molecule has 4 atom stereocenters. The van der Waals surface area contributed by atoms with Crippen LogP contribution in [0.5, 0.6) is 0 Å². The summed E-state index contributed by atoms with van der Waals surface area (Å²) in [6.07, 6.45) is 6.50. The van der Waals surface area contributed by atoms with Gasteiger partial charge in [-0.2, -0.15) is 0 Å². The van der Waals surface area contributed by atoms with Crippen LogP contribution < -0.4 is 0 Å². The SMILES string of the molecule is CCO[C@]1(C)CC[C@@H]2[C@H]1C=C(C(C)C)CC[C@@]2(C)O. The van der Waals surface area contributed by atoms with E-state index in [4.69, 9.17) is 4.74 Å². The summed E-state index contributed by atoms with van der Waals surface area (Å²) < 4.78 is 6.08. The predicted octanol–water partition coefficient (Wildman–Crippen LogP) is 3.94. The zero-order valence-corrected chi connectivity index (χ0v) is 13.2. The zero-order chi connectivity index (χ0) is 14.3. The number of rotatable bonds is 3. The van der Waals surface area contributed by atoms with Gasteiger partial charge in [-0.25, -0.2) is 0 Å². The van der Waals surface area contributed by atoms with E-state index in [9.17, 15) is 5.11 Å². The van der Waals surface area contributed by atoms with Gasteiger partial charge >= 0.3 is 0 Å². The Balaban J connectivity index is 2.36. The molecule has 19 heavy (non-hydrogen) atoms. The van der Waals surface area contributed by atoms with E-state index in [2.05, 4.69) is 33.8 Å². The van der Waals surface area contributed by atoms with Crippen LogP contribution in [-0.2, 0) is 4.74 Å². The van der Waals surface area contributed by atoms with Crippen LogP contribution >= 0.6 is 0 Å². The average molecular weight is 266 g/mol. The molecule has 2 aliphatic carbocycles. The van der Waals surface area contributed by atoms with E-state index in [1.54, 1.807) is 0 Å². The fraction of sp³-hybridized carbons (Fsp3) is 0.882. The first-order valence-electron chi connectivity index (χ1n) is 7.87. The largest absolute Gasteiger partial charge is 0.390 e. The molecule has 0 unspecified atom stereocenters. The maximum Gasteiger partial charge on any atom is 0.0720 e. The highest BCUT2D eigenvalue weighted by molar-refractivity contribution is 5.19. The molecule has 1 saturated carbocycles. The molecule has 1 N–H and O–H groups in total. The molecule has 0 heterocycles. The minimum Gasteiger partial charge on any atom is -0.390 e. The first kappa shape index (κ1) is 15.1. The van der Waals surface area contributed by atoms with Gasteiger partial charge in [0.05, 0.1) is 11.2 Å². The minimum absolute atomic E-state index is 0.0894. The van der Waals surface area contributed by atoms with Crippen molar-refractivity contribution < 1.29 is 9.84 Å². The number of allylic oxidation sites excluding steroid dienone is 1. The van der Waals surface area contributed by atoms with Gasteiger partial charge in [0.25, 0.3) is 0 Å². The third-order valence-electron chi connectivity index (χ3n) is 5.42. The van der Waals surface area contributed by atoms with Crippen molar-refractivity contribution in [2.24, 2.45) is 17.8 Å². The molecule has 0 saturated heterocycles. The van der Waals surface area contributed by atoms with E-state index in [1.165, 1.54) is 5.57 Å². The van der Waals surface area contributed by atoms with Crippen molar-refractivity contribution in [3.05, 3.63) is 11.6 Å². The van der Waals surface area contributed by atoms with E-state index in [0.717, 1.165) is 32.3 Å². The summed E-state index contributed by atoms with van der Waals surface area (Å²) in [6, 6.07) is 0. The van der Waals surface area contributed by atoms with Crippen LogP contribution in [0.2, 0.25) is 0 Å². The highest BCUT2D eigenvalue weighted by Crippen LogP contribution is 2.51. The van der Waals surface area contributed by atoms with Crippen molar-refractivity contribution >= 4 is 0 Å². The molecule has 0 spiro atoms. The van der Waals surface area contributed by atoms with E-state index in [-0.39, 0.29) is 5.60 Å². The number of hydrogen-bond donors (Lipinski definition) is 1. The van der Waals surface area contributed by atoms with E-state index >= 15 is 0 Å². The second-order valence-corrected chi connectivity index (χ2v) is 7.17. The van der Waals surface area contributed by atoms with E-state index in [1.807, 2.05) is 6.92 Å². The highest BCUT2D eigenvalue weighted by atomic mass is 16.5. The fourth-order valence-electron chi connectivity index (χ4n) is 4.08. The standard InChI is InChI=1S/C17H30O2/c1-6-19-17(5)10-8-14-15(17)11-13(12(2)3)7-9-16(14,4)18/h11-12,14-15,18H,6-10H2,1-5H3/t14-,15-,16-,17-/m1/s1. The lowest BCUT2D eigenvalue weighted by Crippen LogP contribution is -2.41. The van der Waals surface area contributed by atoms with Gasteiger partial charge in [-0.05, 0) is 58.3 Å². The second kappa shape index (κ2) is 5.21. The summed E-state index contributed by atoms with van der Waals surface area (Å²) in [7, 11) is 0. The molecular formula is C17H30O2. The Kier molecular flexibility index (Phi) is 4.13. The average Bonchev–Trinajstić information content (AvgIpc) is 2.54. The molecular weight excluding hydrogens is 236 g/mol. The molecule has 110 valence electrons. The Labute approximate surface area is 118 Å². The maximum atomic E-state index is 10.8. The van der Waals surface area contributed by atoms with Crippen LogP contribution in [-0.4, -0.2) is 22.9 Å². The molecule has 1 fully saturated rings. The van der Waals surface area contributed by atoms with Crippen molar-refractivity contribution in [1.82, 2.24) is 0 Å². The van der Waals surface area contributed by atoms with Crippen LogP contribution in [0.3, 0.4) is 0 Å². The number of ether oxygens (including phenoxy) is 1. The molecule has 0 aliphatic heterocycles. The molecule has 0 aromatic rings. The molecule has 0 aromatic heterocycles. The van der Waals surface area contributed by atoms with Crippen LogP contribution in [0.25, 0.3) is 0 Å². The Morgan fingerprint density at radius 1 is 1.37 bits per heavy atom. The van der Waals surface area contributed by atoms with Gasteiger partial charge in [0, 0.05) is 12.5 Å².